The monoisotopic (exact) mass is 340 g/mol. The van der Waals surface area contributed by atoms with Gasteiger partial charge in [-0.05, 0) is 30.5 Å². The average Bonchev–Trinajstić information content (AvgIpc) is 2.90. The van der Waals surface area contributed by atoms with Crippen LogP contribution in [0.3, 0.4) is 0 Å². The highest BCUT2D eigenvalue weighted by Gasteiger charge is 2.20. The van der Waals surface area contributed by atoms with E-state index in [9.17, 15) is 0 Å². The van der Waals surface area contributed by atoms with Gasteiger partial charge in [-0.3, -0.25) is 4.90 Å². The Morgan fingerprint density at radius 1 is 1.23 bits per heavy atom. The van der Waals surface area contributed by atoms with E-state index in [2.05, 4.69) is 20.4 Å². The van der Waals surface area contributed by atoms with E-state index in [0.717, 1.165) is 32.5 Å². The first-order valence-electron chi connectivity index (χ1n) is 7.33. The maximum Gasteiger partial charge on any atom is 0.315 e. The molecule has 1 saturated heterocycles. The van der Waals surface area contributed by atoms with Crippen molar-refractivity contribution in [3.05, 3.63) is 39.7 Å². The Labute approximate surface area is 139 Å². The summed E-state index contributed by atoms with van der Waals surface area (Å²) in [5, 5.41) is 12.3. The fourth-order valence-corrected chi connectivity index (χ4v) is 2.98. The molecular formula is C15H18Cl2N4O. The van der Waals surface area contributed by atoms with Gasteiger partial charge in [-0.2, -0.15) is 0 Å². The van der Waals surface area contributed by atoms with Gasteiger partial charge in [-0.15, -0.1) is 5.10 Å². The topological polar surface area (TPSA) is 54.2 Å². The van der Waals surface area contributed by atoms with Crippen LogP contribution in [0.5, 0.6) is 0 Å². The molecule has 0 atom stereocenters. The molecule has 2 heterocycles. The first-order valence-corrected chi connectivity index (χ1v) is 8.08. The van der Waals surface area contributed by atoms with Gasteiger partial charge in [0.15, 0.2) is 0 Å². The van der Waals surface area contributed by atoms with Gasteiger partial charge in [0.05, 0.1) is 10.0 Å². The Morgan fingerprint density at radius 3 is 2.64 bits per heavy atom. The molecule has 0 aliphatic carbocycles. The Hall–Kier alpha value is -1.30. The lowest BCUT2D eigenvalue weighted by molar-refractivity contribution is 0.210. The van der Waals surface area contributed by atoms with E-state index < -0.39 is 0 Å². The Bertz CT molecular complexity index is 638. The number of aryl methyl sites for hydroxylation is 1. The summed E-state index contributed by atoms with van der Waals surface area (Å²) in [6.07, 6.45) is 2.09. The van der Waals surface area contributed by atoms with Crippen LogP contribution in [0, 0.1) is 6.92 Å². The molecule has 1 N–H and O–H groups in total. The van der Waals surface area contributed by atoms with E-state index in [1.165, 1.54) is 5.56 Å². The summed E-state index contributed by atoms with van der Waals surface area (Å²) in [6, 6.07) is 6.71. The molecule has 1 aliphatic rings. The standard InChI is InChI=1S/C15H18Cl2N4O/c1-10-19-20-15(22-10)18-12-4-6-21(7-5-12)9-11-2-3-13(16)14(17)8-11/h2-3,8,12H,4-7,9H2,1H3,(H,18,20). The highest BCUT2D eigenvalue weighted by Crippen LogP contribution is 2.24. The number of benzene rings is 1. The highest BCUT2D eigenvalue weighted by atomic mass is 35.5. The lowest BCUT2D eigenvalue weighted by Crippen LogP contribution is -2.38. The van der Waals surface area contributed by atoms with E-state index in [1.54, 1.807) is 6.92 Å². The summed E-state index contributed by atoms with van der Waals surface area (Å²) in [7, 11) is 0. The summed E-state index contributed by atoms with van der Waals surface area (Å²) in [5.41, 5.74) is 1.19. The maximum absolute atomic E-state index is 6.06. The van der Waals surface area contributed by atoms with Gasteiger partial charge in [0.2, 0.25) is 5.89 Å². The fraction of sp³-hybridized carbons (Fsp3) is 0.467. The van der Waals surface area contributed by atoms with Crippen molar-refractivity contribution in [3.63, 3.8) is 0 Å². The number of nitrogens with zero attached hydrogens (tertiary/aromatic N) is 3. The second kappa shape index (κ2) is 6.86. The molecule has 1 fully saturated rings. The Kier molecular flexibility index (Phi) is 4.86. The third-order valence-corrected chi connectivity index (χ3v) is 4.57. The first-order chi connectivity index (χ1) is 10.6. The van der Waals surface area contributed by atoms with Crippen LogP contribution in [0.15, 0.2) is 22.6 Å². The number of piperidine rings is 1. The second-order valence-electron chi connectivity index (χ2n) is 5.57. The average molecular weight is 341 g/mol. The molecule has 0 radical (unpaired) electrons. The fourth-order valence-electron chi connectivity index (χ4n) is 2.66. The van der Waals surface area contributed by atoms with E-state index in [0.29, 0.717) is 28.0 Å². The van der Waals surface area contributed by atoms with Gasteiger partial charge in [-0.1, -0.05) is 34.4 Å². The molecule has 1 aromatic carbocycles. The molecule has 1 aliphatic heterocycles. The summed E-state index contributed by atoms with van der Waals surface area (Å²) >= 11 is 12.0. The molecule has 1 aromatic heterocycles. The van der Waals surface area contributed by atoms with Crippen LogP contribution in [0.25, 0.3) is 0 Å². The number of hydrogen-bond donors (Lipinski definition) is 1. The number of aromatic nitrogens is 2. The molecular weight excluding hydrogens is 323 g/mol. The molecule has 3 rings (SSSR count). The Balaban J connectivity index is 1.50. The molecule has 5 nitrogen and oxygen atoms in total. The van der Waals surface area contributed by atoms with Crippen molar-refractivity contribution in [1.29, 1.82) is 0 Å². The third-order valence-electron chi connectivity index (χ3n) is 3.83. The molecule has 2 aromatic rings. The number of anilines is 1. The molecule has 0 spiro atoms. The van der Waals surface area contributed by atoms with Crippen LogP contribution in [0.2, 0.25) is 10.0 Å². The lowest BCUT2D eigenvalue weighted by atomic mass is 10.0. The van der Waals surface area contributed by atoms with Crippen LogP contribution in [-0.4, -0.2) is 34.2 Å². The molecule has 118 valence electrons. The number of hydrogen-bond acceptors (Lipinski definition) is 5. The normalized spacial score (nSPS) is 16.9. The summed E-state index contributed by atoms with van der Waals surface area (Å²) in [5.74, 6) is 0.583. The van der Waals surface area contributed by atoms with Crippen molar-refractivity contribution in [3.8, 4) is 0 Å². The van der Waals surface area contributed by atoms with Crippen LogP contribution in [-0.2, 0) is 6.54 Å². The first kappa shape index (κ1) is 15.6. The minimum Gasteiger partial charge on any atom is -0.408 e. The highest BCUT2D eigenvalue weighted by molar-refractivity contribution is 6.42. The van der Waals surface area contributed by atoms with E-state index in [-0.39, 0.29) is 0 Å². The SMILES string of the molecule is Cc1nnc(NC2CCN(Cc3ccc(Cl)c(Cl)c3)CC2)o1. The van der Waals surface area contributed by atoms with Gasteiger partial charge in [-0.25, -0.2) is 0 Å². The second-order valence-corrected chi connectivity index (χ2v) is 6.38. The van der Waals surface area contributed by atoms with Gasteiger partial charge in [0, 0.05) is 32.6 Å². The van der Waals surface area contributed by atoms with E-state index in [4.69, 9.17) is 27.6 Å². The van der Waals surface area contributed by atoms with Crippen molar-refractivity contribution >= 4 is 29.2 Å². The lowest BCUT2D eigenvalue weighted by Gasteiger charge is -2.32. The predicted molar refractivity (Wildman–Crippen MR) is 87.4 cm³/mol. The molecule has 0 bridgehead atoms. The Morgan fingerprint density at radius 2 is 2.00 bits per heavy atom. The number of nitrogens with one attached hydrogen (secondary N) is 1. The predicted octanol–water partition coefficient (Wildman–Crippen LogP) is 3.76. The van der Waals surface area contributed by atoms with Gasteiger partial charge >= 0.3 is 6.01 Å². The van der Waals surface area contributed by atoms with Gasteiger partial charge in [0.1, 0.15) is 0 Å². The largest absolute Gasteiger partial charge is 0.408 e. The summed E-state index contributed by atoms with van der Waals surface area (Å²) in [6.45, 7) is 4.72. The molecule has 0 amide bonds. The molecule has 0 saturated carbocycles. The number of halogens is 2. The van der Waals surface area contributed by atoms with Crippen molar-refractivity contribution in [2.24, 2.45) is 0 Å². The van der Waals surface area contributed by atoms with Crippen LogP contribution in [0.1, 0.15) is 24.3 Å². The summed E-state index contributed by atoms with van der Waals surface area (Å²) < 4.78 is 5.36. The van der Waals surface area contributed by atoms with E-state index >= 15 is 0 Å². The third kappa shape index (κ3) is 3.91. The number of rotatable bonds is 4. The van der Waals surface area contributed by atoms with Crippen LogP contribution < -0.4 is 5.32 Å². The minimum absolute atomic E-state index is 0.380. The molecule has 7 heteroatoms. The number of likely N-dealkylation sites (tertiary alicyclic amines) is 1. The smallest absolute Gasteiger partial charge is 0.315 e. The van der Waals surface area contributed by atoms with Crippen LogP contribution in [0.4, 0.5) is 6.01 Å². The van der Waals surface area contributed by atoms with Crippen molar-refractivity contribution in [1.82, 2.24) is 15.1 Å². The van der Waals surface area contributed by atoms with Crippen molar-refractivity contribution < 1.29 is 4.42 Å². The zero-order valence-corrected chi connectivity index (χ0v) is 13.9. The zero-order valence-electron chi connectivity index (χ0n) is 12.4. The van der Waals surface area contributed by atoms with Gasteiger partial charge in [0.25, 0.3) is 0 Å². The molecule has 22 heavy (non-hydrogen) atoms. The minimum atomic E-state index is 0.380. The molecule has 0 unspecified atom stereocenters. The maximum atomic E-state index is 6.06. The van der Waals surface area contributed by atoms with Crippen molar-refractivity contribution in [2.45, 2.75) is 32.4 Å². The summed E-state index contributed by atoms with van der Waals surface area (Å²) in [4.78, 5) is 2.41. The van der Waals surface area contributed by atoms with Crippen molar-refractivity contribution in [2.75, 3.05) is 18.4 Å². The van der Waals surface area contributed by atoms with Gasteiger partial charge < -0.3 is 9.73 Å². The van der Waals surface area contributed by atoms with Crippen LogP contribution >= 0.6 is 23.2 Å². The zero-order chi connectivity index (χ0) is 15.5. The van der Waals surface area contributed by atoms with E-state index in [1.807, 2.05) is 18.2 Å². The quantitative estimate of drug-likeness (QED) is 0.918.